The third-order valence-corrected chi connectivity index (χ3v) is 16.2. The van der Waals surface area contributed by atoms with Gasteiger partial charge in [0.25, 0.3) is 0 Å². The molecule has 0 fully saturated rings. The molecular weight excluding hydrogens is 869 g/mol. The van der Waals surface area contributed by atoms with E-state index < -0.39 is 0 Å². The lowest BCUT2D eigenvalue weighted by molar-refractivity contribution is 0.652. The zero-order valence-electron chi connectivity index (χ0n) is 41.0. The molecule has 0 radical (unpaired) electrons. The van der Waals surface area contributed by atoms with Crippen LogP contribution in [0.1, 0.15) is 49.9 Å². The molecule has 0 unspecified atom stereocenters. The average Bonchev–Trinajstić information content (AvgIpc) is 3.97. The van der Waals surface area contributed by atoms with Crippen molar-refractivity contribution in [2.75, 3.05) is 4.90 Å². The minimum absolute atomic E-state index is 0.119. The summed E-state index contributed by atoms with van der Waals surface area (Å²) in [6.45, 7) is 9.65. The minimum atomic E-state index is -0.157. The first kappa shape index (κ1) is 42.2. The molecule has 2 heteroatoms. The molecule has 0 aliphatic heterocycles. The second kappa shape index (κ2) is 15.9. The Morgan fingerprint density at radius 2 is 0.806 bits per heavy atom. The fourth-order valence-electron chi connectivity index (χ4n) is 12.5. The van der Waals surface area contributed by atoms with Crippen LogP contribution < -0.4 is 4.90 Å². The van der Waals surface area contributed by atoms with Gasteiger partial charge in [0, 0.05) is 44.4 Å². The number of aromatic nitrogens is 1. The van der Waals surface area contributed by atoms with Gasteiger partial charge in [0.15, 0.2) is 0 Å². The first-order valence-corrected chi connectivity index (χ1v) is 25.3. The summed E-state index contributed by atoms with van der Waals surface area (Å²) >= 11 is 0. The molecule has 2 nitrogen and oxygen atoms in total. The predicted molar refractivity (Wildman–Crippen MR) is 304 cm³/mol. The van der Waals surface area contributed by atoms with Crippen LogP contribution >= 0.6 is 0 Å². The van der Waals surface area contributed by atoms with Crippen LogP contribution in [-0.4, -0.2) is 4.57 Å². The van der Waals surface area contributed by atoms with E-state index in [0.29, 0.717) is 0 Å². The van der Waals surface area contributed by atoms with Gasteiger partial charge in [-0.3, -0.25) is 0 Å². The maximum absolute atomic E-state index is 2.55. The van der Waals surface area contributed by atoms with Gasteiger partial charge >= 0.3 is 0 Å². The maximum Gasteiger partial charge on any atom is 0.0561 e. The summed E-state index contributed by atoms with van der Waals surface area (Å²) in [6.07, 6.45) is 0. The van der Waals surface area contributed by atoms with Crippen molar-refractivity contribution in [2.24, 2.45) is 0 Å². The zero-order valence-corrected chi connectivity index (χ0v) is 41.0. The van der Waals surface area contributed by atoms with E-state index in [2.05, 4.69) is 280 Å². The third kappa shape index (κ3) is 6.35. The van der Waals surface area contributed by atoms with E-state index in [9.17, 15) is 0 Å². The van der Waals surface area contributed by atoms with Gasteiger partial charge in [0.2, 0.25) is 0 Å². The predicted octanol–water partition coefficient (Wildman–Crippen LogP) is 19.0. The fourth-order valence-corrected chi connectivity index (χ4v) is 12.5. The minimum Gasteiger partial charge on any atom is -0.310 e. The molecule has 12 aromatic rings. The van der Waals surface area contributed by atoms with Crippen molar-refractivity contribution < 1.29 is 0 Å². The van der Waals surface area contributed by atoms with Crippen LogP contribution in [0.3, 0.4) is 0 Å². The molecule has 0 spiro atoms. The molecule has 2 aliphatic carbocycles. The molecule has 342 valence electrons. The highest BCUT2D eigenvalue weighted by molar-refractivity contribution is 6.11. The molecule has 0 amide bonds. The lowest BCUT2D eigenvalue weighted by atomic mass is 9.79. The quantitative estimate of drug-likeness (QED) is 0.155. The largest absolute Gasteiger partial charge is 0.310 e. The van der Waals surface area contributed by atoms with Crippen molar-refractivity contribution in [3.05, 3.63) is 265 Å². The van der Waals surface area contributed by atoms with Gasteiger partial charge in [-0.15, -0.1) is 0 Å². The first-order chi connectivity index (χ1) is 35.2. The van der Waals surface area contributed by atoms with Crippen LogP contribution in [-0.2, 0) is 10.8 Å². The normalized spacial score (nSPS) is 13.8. The lowest BCUT2D eigenvalue weighted by Gasteiger charge is -2.26. The summed E-state index contributed by atoms with van der Waals surface area (Å²) in [5, 5.41) is 5.10. The molecular formula is C70H52N2. The Balaban J connectivity index is 0.883. The number of hydrogen-bond donors (Lipinski definition) is 0. The fraction of sp³-hybridized carbons (Fsp3) is 0.0857. The summed E-state index contributed by atoms with van der Waals surface area (Å²) in [6, 6.07) is 90.0. The van der Waals surface area contributed by atoms with E-state index >= 15 is 0 Å². The third-order valence-electron chi connectivity index (χ3n) is 16.2. The van der Waals surface area contributed by atoms with Crippen molar-refractivity contribution in [3.63, 3.8) is 0 Å². The van der Waals surface area contributed by atoms with Gasteiger partial charge in [0.05, 0.1) is 11.0 Å². The summed E-state index contributed by atoms with van der Waals surface area (Å²) in [7, 11) is 0. The van der Waals surface area contributed by atoms with Crippen LogP contribution in [0.4, 0.5) is 17.1 Å². The first-order valence-electron chi connectivity index (χ1n) is 25.3. The number of rotatable bonds is 7. The van der Waals surface area contributed by atoms with Crippen LogP contribution in [0.2, 0.25) is 0 Å². The average molecular weight is 921 g/mol. The van der Waals surface area contributed by atoms with Gasteiger partial charge in [-0.25, -0.2) is 0 Å². The Hall–Kier alpha value is -8.72. The topological polar surface area (TPSA) is 8.17 Å². The Bertz CT molecular complexity index is 4020. The Morgan fingerprint density at radius 1 is 0.306 bits per heavy atom. The van der Waals surface area contributed by atoms with E-state index in [4.69, 9.17) is 0 Å². The molecule has 1 aromatic heterocycles. The molecule has 0 saturated carbocycles. The van der Waals surface area contributed by atoms with E-state index in [1.54, 1.807) is 0 Å². The van der Waals surface area contributed by atoms with E-state index in [1.165, 1.54) is 105 Å². The maximum atomic E-state index is 2.55. The van der Waals surface area contributed by atoms with Crippen molar-refractivity contribution in [2.45, 2.75) is 38.5 Å². The van der Waals surface area contributed by atoms with E-state index in [-0.39, 0.29) is 10.8 Å². The molecule has 2 aliphatic rings. The van der Waals surface area contributed by atoms with Crippen LogP contribution in [0, 0.1) is 0 Å². The monoisotopic (exact) mass is 920 g/mol. The van der Waals surface area contributed by atoms with Crippen molar-refractivity contribution >= 4 is 49.6 Å². The van der Waals surface area contributed by atoms with E-state index in [1.807, 2.05) is 0 Å². The highest BCUT2D eigenvalue weighted by atomic mass is 15.1. The summed E-state index contributed by atoms with van der Waals surface area (Å²) in [5.74, 6) is 0. The summed E-state index contributed by atoms with van der Waals surface area (Å²) in [5.41, 5.74) is 24.9. The Morgan fingerprint density at radius 3 is 1.44 bits per heavy atom. The number of anilines is 3. The van der Waals surface area contributed by atoms with Crippen molar-refractivity contribution in [3.8, 4) is 61.3 Å². The van der Waals surface area contributed by atoms with Gasteiger partial charge in [-0.2, -0.15) is 0 Å². The second-order valence-corrected chi connectivity index (χ2v) is 20.9. The van der Waals surface area contributed by atoms with Gasteiger partial charge in [-0.05, 0) is 155 Å². The molecule has 0 bridgehead atoms. The highest BCUT2D eigenvalue weighted by Gasteiger charge is 2.43. The Kier molecular flexibility index (Phi) is 9.32. The number of fused-ring (bicyclic) bond motifs is 11. The summed E-state index contributed by atoms with van der Waals surface area (Å²) < 4.78 is 2.45. The standard InChI is InChI=1S/C70H52N2/c1-69(2)61-24-15-23-56(67(61)59-43-64-60(44-63(59)69)68-55-21-12-11-20-49(55)32-41-62(68)70(64,3)4)50-30-37-53(38-31-50)72-65-25-14-13-22-57(65)58-40-39-54(42-66(58)72)71(51-33-26-47(27-34-51)45-16-7-5-8-17-45)52-35-28-48(29-36-52)46-18-9-6-10-19-46/h5-44H,1-4H3. The lowest BCUT2D eigenvalue weighted by Crippen LogP contribution is -2.16. The molecule has 0 atom stereocenters. The number of hydrogen-bond acceptors (Lipinski definition) is 1. The van der Waals surface area contributed by atoms with Gasteiger partial charge < -0.3 is 9.47 Å². The number of para-hydroxylation sites is 1. The van der Waals surface area contributed by atoms with Crippen LogP contribution in [0.15, 0.2) is 243 Å². The number of nitrogens with zero attached hydrogens (tertiary/aromatic N) is 2. The number of benzene rings is 11. The molecule has 11 aromatic carbocycles. The van der Waals surface area contributed by atoms with E-state index in [0.717, 1.165) is 28.3 Å². The van der Waals surface area contributed by atoms with Crippen molar-refractivity contribution in [1.29, 1.82) is 0 Å². The van der Waals surface area contributed by atoms with Crippen LogP contribution in [0.5, 0.6) is 0 Å². The van der Waals surface area contributed by atoms with Gasteiger partial charge in [0.1, 0.15) is 0 Å². The highest BCUT2D eigenvalue weighted by Crippen LogP contribution is 2.59. The molecule has 14 rings (SSSR count). The van der Waals surface area contributed by atoms with Crippen LogP contribution in [0.25, 0.3) is 93.9 Å². The second-order valence-electron chi connectivity index (χ2n) is 20.9. The summed E-state index contributed by atoms with van der Waals surface area (Å²) in [4.78, 5) is 2.39. The molecule has 1 heterocycles. The SMILES string of the molecule is CC1(C)c2cc3c(cc2-c2c(-c4ccc(-n5c6ccccc6c6ccc(N(c7ccc(-c8ccccc8)cc7)c7ccc(-c8ccccc8)cc7)cc65)cc4)cccc21)C(C)(C)c1ccc2ccccc2c1-3. The Labute approximate surface area is 421 Å². The molecule has 0 N–H and O–H groups in total. The zero-order chi connectivity index (χ0) is 48.3. The molecule has 72 heavy (non-hydrogen) atoms. The molecule has 0 saturated heterocycles. The smallest absolute Gasteiger partial charge is 0.0561 e. The van der Waals surface area contributed by atoms with Crippen molar-refractivity contribution in [1.82, 2.24) is 4.57 Å². The van der Waals surface area contributed by atoms with Gasteiger partial charge in [-0.1, -0.05) is 204 Å².